The van der Waals surface area contributed by atoms with Crippen LogP contribution in [0.5, 0.6) is 0 Å². The molecule has 0 saturated carbocycles. The van der Waals surface area contributed by atoms with Crippen molar-refractivity contribution in [3.05, 3.63) is 71.1 Å². The first kappa shape index (κ1) is 18.6. The van der Waals surface area contributed by atoms with Crippen molar-refractivity contribution in [2.75, 3.05) is 5.32 Å². The second-order valence-corrected chi connectivity index (χ2v) is 6.54. The third kappa shape index (κ3) is 4.69. The van der Waals surface area contributed by atoms with Crippen molar-refractivity contribution in [3.63, 3.8) is 0 Å². The van der Waals surface area contributed by atoms with Crippen LogP contribution < -0.4 is 10.6 Å². The van der Waals surface area contributed by atoms with Crippen LogP contribution in [0.4, 0.5) is 5.69 Å². The van der Waals surface area contributed by atoms with Gasteiger partial charge in [-0.05, 0) is 36.8 Å². The predicted octanol–water partition coefficient (Wildman–Crippen LogP) is 3.44. The summed E-state index contributed by atoms with van der Waals surface area (Å²) in [5, 5.41) is 10.1. The average molecular weight is 365 g/mol. The van der Waals surface area contributed by atoms with Crippen LogP contribution in [0.15, 0.2) is 47.1 Å². The summed E-state index contributed by atoms with van der Waals surface area (Å²) in [5.41, 5.74) is 3.32. The zero-order chi connectivity index (χ0) is 19.2. The van der Waals surface area contributed by atoms with E-state index in [0.717, 1.165) is 16.9 Å². The van der Waals surface area contributed by atoms with E-state index in [4.69, 9.17) is 4.52 Å². The van der Waals surface area contributed by atoms with E-state index in [1.807, 2.05) is 51.1 Å². The number of rotatable bonds is 7. The fourth-order valence-corrected chi connectivity index (χ4v) is 2.59. The molecule has 27 heavy (non-hydrogen) atoms. The smallest absolute Gasteiger partial charge is 0.252 e. The molecule has 3 rings (SSSR count). The standard InChI is InChI=1S/C20H23N5O2/c1-13(2)20-24-18(25-27-20)12-23-19(26)16-8-6-9-17(14(16)3)22-11-15-7-4-5-10-21-15/h4-10,13,22H,11-12H2,1-3H3,(H,23,26). The number of carbonyl (C=O) groups excluding carboxylic acids is 1. The Labute approximate surface area is 158 Å². The maximum atomic E-state index is 12.6. The van der Waals surface area contributed by atoms with Crippen LogP contribution in [0.3, 0.4) is 0 Å². The monoisotopic (exact) mass is 365 g/mol. The third-order valence-corrected chi connectivity index (χ3v) is 4.15. The summed E-state index contributed by atoms with van der Waals surface area (Å²) >= 11 is 0. The minimum atomic E-state index is -0.176. The van der Waals surface area contributed by atoms with Gasteiger partial charge in [0.1, 0.15) is 0 Å². The van der Waals surface area contributed by atoms with Gasteiger partial charge in [-0.1, -0.05) is 31.1 Å². The summed E-state index contributed by atoms with van der Waals surface area (Å²) in [6.45, 7) is 6.68. The minimum Gasteiger partial charge on any atom is -0.379 e. The number of pyridine rings is 1. The van der Waals surface area contributed by atoms with Crippen LogP contribution in [0.1, 0.15) is 53.1 Å². The number of amides is 1. The maximum Gasteiger partial charge on any atom is 0.252 e. The molecule has 1 amide bonds. The van der Waals surface area contributed by atoms with Gasteiger partial charge in [0.25, 0.3) is 5.91 Å². The number of nitrogens with zero attached hydrogens (tertiary/aromatic N) is 3. The summed E-state index contributed by atoms with van der Waals surface area (Å²) in [6.07, 6.45) is 1.76. The topological polar surface area (TPSA) is 92.9 Å². The number of benzene rings is 1. The van der Waals surface area contributed by atoms with Gasteiger partial charge in [-0.3, -0.25) is 9.78 Å². The van der Waals surface area contributed by atoms with Crippen LogP contribution in [0.2, 0.25) is 0 Å². The van der Waals surface area contributed by atoms with Gasteiger partial charge in [0, 0.05) is 23.4 Å². The Hall–Kier alpha value is -3.22. The lowest BCUT2D eigenvalue weighted by Gasteiger charge is -2.13. The Balaban J connectivity index is 1.64. The molecule has 3 aromatic rings. The first-order valence-corrected chi connectivity index (χ1v) is 8.88. The molecule has 2 aromatic heterocycles. The van der Waals surface area contributed by atoms with Crippen molar-refractivity contribution < 1.29 is 9.32 Å². The molecule has 0 fully saturated rings. The number of aromatic nitrogens is 3. The van der Waals surface area contributed by atoms with E-state index in [1.165, 1.54) is 0 Å². The molecule has 2 heterocycles. The van der Waals surface area contributed by atoms with E-state index < -0.39 is 0 Å². The van der Waals surface area contributed by atoms with Gasteiger partial charge in [-0.15, -0.1) is 0 Å². The number of hydrogen-bond donors (Lipinski definition) is 2. The molecular weight excluding hydrogens is 342 g/mol. The second-order valence-electron chi connectivity index (χ2n) is 6.54. The van der Waals surface area contributed by atoms with Crippen LogP contribution >= 0.6 is 0 Å². The summed E-state index contributed by atoms with van der Waals surface area (Å²) in [6, 6.07) is 11.4. The Kier molecular flexibility index (Phi) is 5.80. The lowest BCUT2D eigenvalue weighted by molar-refractivity contribution is 0.0949. The number of nitrogens with one attached hydrogen (secondary N) is 2. The normalized spacial score (nSPS) is 10.8. The number of hydrogen-bond acceptors (Lipinski definition) is 6. The van der Waals surface area contributed by atoms with Gasteiger partial charge in [0.15, 0.2) is 5.82 Å². The van der Waals surface area contributed by atoms with Gasteiger partial charge in [0.2, 0.25) is 5.89 Å². The molecule has 7 heteroatoms. The highest BCUT2D eigenvalue weighted by Crippen LogP contribution is 2.20. The zero-order valence-corrected chi connectivity index (χ0v) is 15.7. The van der Waals surface area contributed by atoms with Crippen LogP contribution in [-0.2, 0) is 13.1 Å². The molecule has 0 bridgehead atoms. The lowest BCUT2D eigenvalue weighted by Crippen LogP contribution is -2.24. The molecule has 0 aliphatic rings. The summed E-state index contributed by atoms with van der Waals surface area (Å²) < 4.78 is 5.15. The highest BCUT2D eigenvalue weighted by atomic mass is 16.5. The Morgan fingerprint density at radius 1 is 1.15 bits per heavy atom. The van der Waals surface area contributed by atoms with Crippen molar-refractivity contribution in [3.8, 4) is 0 Å². The Morgan fingerprint density at radius 3 is 2.70 bits per heavy atom. The van der Waals surface area contributed by atoms with Gasteiger partial charge in [-0.2, -0.15) is 4.98 Å². The molecule has 0 spiro atoms. The highest BCUT2D eigenvalue weighted by Gasteiger charge is 2.14. The molecule has 0 radical (unpaired) electrons. The predicted molar refractivity (Wildman–Crippen MR) is 102 cm³/mol. The Bertz CT molecular complexity index is 906. The van der Waals surface area contributed by atoms with Crippen molar-refractivity contribution in [2.45, 2.75) is 39.8 Å². The van der Waals surface area contributed by atoms with Gasteiger partial charge >= 0.3 is 0 Å². The first-order valence-electron chi connectivity index (χ1n) is 8.88. The van der Waals surface area contributed by atoms with Crippen molar-refractivity contribution in [2.24, 2.45) is 0 Å². The average Bonchev–Trinajstić information content (AvgIpc) is 3.15. The fourth-order valence-electron chi connectivity index (χ4n) is 2.59. The molecule has 0 saturated heterocycles. The zero-order valence-electron chi connectivity index (χ0n) is 15.7. The van der Waals surface area contributed by atoms with Crippen LogP contribution in [0.25, 0.3) is 0 Å². The van der Waals surface area contributed by atoms with Gasteiger partial charge in [0.05, 0.1) is 18.8 Å². The summed E-state index contributed by atoms with van der Waals surface area (Å²) in [7, 11) is 0. The SMILES string of the molecule is Cc1c(NCc2ccccn2)cccc1C(=O)NCc1noc(C(C)C)n1. The van der Waals surface area contributed by atoms with E-state index in [2.05, 4.69) is 25.8 Å². The van der Waals surface area contributed by atoms with Gasteiger partial charge < -0.3 is 15.2 Å². The fraction of sp³-hybridized carbons (Fsp3) is 0.300. The third-order valence-electron chi connectivity index (χ3n) is 4.15. The van der Waals surface area contributed by atoms with Crippen molar-refractivity contribution >= 4 is 11.6 Å². The Morgan fingerprint density at radius 2 is 2.00 bits per heavy atom. The second kappa shape index (κ2) is 8.44. The number of anilines is 1. The molecule has 0 aliphatic carbocycles. The number of carbonyl (C=O) groups is 1. The summed E-state index contributed by atoms with van der Waals surface area (Å²) in [5.74, 6) is 1.02. The van der Waals surface area contributed by atoms with Crippen LogP contribution in [0, 0.1) is 6.92 Å². The molecule has 1 aromatic carbocycles. The van der Waals surface area contributed by atoms with E-state index in [1.54, 1.807) is 12.3 Å². The van der Waals surface area contributed by atoms with Crippen molar-refractivity contribution in [1.82, 2.24) is 20.4 Å². The minimum absolute atomic E-state index is 0.158. The highest BCUT2D eigenvalue weighted by molar-refractivity contribution is 5.96. The molecule has 7 nitrogen and oxygen atoms in total. The van der Waals surface area contributed by atoms with Gasteiger partial charge in [-0.25, -0.2) is 0 Å². The molecule has 0 aliphatic heterocycles. The molecular formula is C20H23N5O2. The molecule has 140 valence electrons. The largest absolute Gasteiger partial charge is 0.379 e. The van der Waals surface area contributed by atoms with E-state index in [0.29, 0.717) is 23.8 Å². The van der Waals surface area contributed by atoms with E-state index in [-0.39, 0.29) is 18.4 Å². The maximum absolute atomic E-state index is 12.6. The lowest BCUT2D eigenvalue weighted by atomic mass is 10.1. The van der Waals surface area contributed by atoms with Crippen LogP contribution in [-0.4, -0.2) is 21.0 Å². The van der Waals surface area contributed by atoms with E-state index in [9.17, 15) is 4.79 Å². The quantitative estimate of drug-likeness (QED) is 0.666. The molecule has 0 unspecified atom stereocenters. The van der Waals surface area contributed by atoms with Crippen molar-refractivity contribution in [1.29, 1.82) is 0 Å². The molecule has 2 N–H and O–H groups in total. The first-order chi connectivity index (χ1) is 13.0. The summed E-state index contributed by atoms with van der Waals surface area (Å²) in [4.78, 5) is 21.1. The van der Waals surface area contributed by atoms with E-state index >= 15 is 0 Å². The molecule has 0 atom stereocenters.